The molecule has 0 saturated carbocycles. The number of benzene rings is 3. The van der Waals surface area contributed by atoms with Gasteiger partial charge in [-0.15, -0.1) is 0 Å². The van der Waals surface area contributed by atoms with E-state index in [-0.39, 0.29) is 11.4 Å². The third-order valence-corrected chi connectivity index (χ3v) is 4.65. The molecule has 1 heterocycles. The van der Waals surface area contributed by atoms with Crippen molar-refractivity contribution in [3.63, 3.8) is 0 Å². The van der Waals surface area contributed by atoms with Crippen LogP contribution < -0.4 is 0 Å². The fraction of sp³-hybridized carbons (Fsp3) is 0.0952. The molecule has 0 aliphatic rings. The maximum atomic E-state index is 10.9. The summed E-state index contributed by atoms with van der Waals surface area (Å²) in [5.41, 5.74) is 3.24. The van der Waals surface area contributed by atoms with E-state index in [2.05, 4.69) is 28.6 Å². The first-order valence-electron chi connectivity index (χ1n) is 8.61. The van der Waals surface area contributed by atoms with Crippen LogP contribution in [0, 0.1) is 10.1 Å². The molecule has 6 heteroatoms. The van der Waals surface area contributed by atoms with Gasteiger partial charge in [-0.2, -0.15) is 0 Å². The molecule has 6 nitrogen and oxygen atoms in total. The van der Waals surface area contributed by atoms with Crippen LogP contribution in [0.4, 0.5) is 11.4 Å². The van der Waals surface area contributed by atoms with E-state index >= 15 is 0 Å². The lowest BCUT2D eigenvalue weighted by atomic mass is 10.1. The summed E-state index contributed by atoms with van der Waals surface area (Å²) in [5.74, 6) is -0.0481. The maximum absolute atomic E-state index is 10.9. The topological polar surface area (TPSA) is 80.7 Å². The minimum Gasteiger partial charge on any atom is -0.507 e. The van der Waals surface area contributed by atoms with Crippen molar-refractivity contribution < 1.29 is 10.0 Å². The standard InChI is InChI=1S/C21H17N3O3/c1-2-23-19-6-4-3-5-17(19)18-12-15(7-9-20(18)23)22-13-14-11-16(24(26)27)8-10-21(14)25/h3-13,25H,2H2,1H3. The number of aromatic nitrogens is 1. The predicted octanol–water partition coefficient (Wildman–Crippen LogP) is 5.18. The highest BCUT2D eigenvalue weighted by molar-refractivity contribution is 6.09. The van der Waals surface area contributed by atoms with Gasteiger partial charge in [0.1, 0.15) is 5.75 Å². The summed E-state index contributed by atoms with van der Waals surface area (Å²) in [6.07, 6.45) is 1.45. The molecule has 4 aromatic rings. The number of hydrogen-bond donors (Lipinski definition) is 1. The second-order valence-electron chi connectivity index (χ2n) is 6.22. The molecule has 0 aliphatic heterocycles. The Kier molecular flexibility index (Phi) is 4.08. The Hall–Kier alpha value is -3.67. The van der Waals surface area contributed by atoms with Crippen LogP contribution in [0.25, 0.3) is 21.8 Å². The first-order valence-corrected chi connectivity index (χ1v) is 8.61. The summed E-state index contributed by atoms with van der Waals surface area (Å²) in [6.45, 7) is 2.98. The van der Waals surface area contributed by atoms with Crippen LogP contribution in [-0.4, -0.2) is 20.8 Å². The number of nitro benzene ring substituents is 1. The molecule has 0 radical (unpaired) electrons. The first-order chi connectivity index (χ1) is 13.1. The molecule has 4 rings (SSSR count). The van der Waals surface area contributed by atoms with Crippen molar-refractivity contribution >= 4 is 39.4 Å². The van der Waals surface area contributed by atoms with Crippen LogP contribution in [-0.2, 0) is 6.54 Å². The second-order valence-corrected chi connectivity index (χ2v) is 6.22. The maximum Gasteiger partial charge on any atom is 0.270 e. The van der Waals surface area contributed by atoms with E-state index in [1.807, 2.05) is 30.3 Å². The molecule has 0 aliphatic carbocycles. The van der Waals surface area contributed by atoms with Crippen LogP contribution in [0.15, 0.2) is 65.7 Å². The monoisotopic (exact) mass is 359 g/mol. The number of rotatable bonds is 4. The number of aryl methyl sites for hydroxylation is 1. The summed E-state index contributed by atoms with van der Waals surface area (Å²) in [7, 11) is 0. The Morgan fingerprint density at radius 1 is 1.07 bits per heavy atom. The van der Waals surface area contributed by atoms with Crippen LogP contribution in [0.5, 0.6) is 5.75 Å². The van der Waals surface area contributed by atoms with E-state index in [1.165, 1.54) is 29.9 Å². The zero-order valence-electron chi connectivity index (χ0n) is 14.7. The number of aromatic hydroxyl groups is 1. The van der Waals surface area contributed by atoms with E-state index in [1.54, 1.807) is 0 Å². The van der Waals surface area contributed by atoms with Crippen molar-refractivity contribution in [1.29, 1.82) is 0 Å². The summed E-state index contributed by atoms with van der Waals surface area (Å²) < 4.78 is 2.25. The summed E-state index contributed by atoms with van der Waals surface area (Å²) in [5, 5.41) is 23.1. The van der Waals surface area contributed by atoms with Gasteiger partial charge in [0.15, 0.2) is 0 Å². The number of non-ortho nitro benzene ring substituents is 1. The lowest BCUT2D eigenvalue weighted by Crippen LogP contribution is -1.92. The summed E-state index contributed by atoms with van der Waals surface area (Å²) in [4.78, 5) is 14.8. The van der Waals surface area contributed by atoms with Gasteiger partial charge >= 0.3 is 0 Å². The Balaban J connectivity index is 1.79. The van der Waals surface area contributed by atoms with Gasteiger partial charge in [0.25, 0.3) is 5.69 Å². The molecule has 1 aromatic heterocycles. The molecule has 0 atom stereocenters. The number of nitrogens with zero attached hydrogens (tertiary/aromatic N) is 3. The zero-order valence-corrected chi connectivity index (χ0v) is 14.7. The molecule has 0 bridgehead atoms. The number of phenols is 1. The van der Waals surface area contributed by atoms with Crippen molar-refractivity contribution in [3.05, 3.63) is 76.3 Å². The number of para-hydroxylation sites is 1. The van der Waals surface area contributed by atoms with Gasteiger partial charge in [-0.1, -0.05) is 18.2 Å². The van der Waals surface area contributed by atoms with Gasteiger partial charge < -0.3 is 9.67 Å². The fourth-order valence-electron chi connectivity index (χ4n) is 3.37. The minimum absolute atomic E-state index is 0.0481. The quantitative estimate of drug-likeness (QED) is 0.310. The number of phenolic OH excluding ortho intramolecular Hbond substituents is 1. The predicted molar refractivity (Wildman–Crippen MR) is 107 cm³/mol. The van der Waals surface area contributed by atoms with Crippen LogP contribution in [0.3, 0.4) is 0 Å². The molecule has 0 amide bonds. The van der Waals surface area contributed by atoms with Gasteiger partial charge in [0.05, 0.1) is 10.6 Å². The molecule has 134 valence electrons. The Morgan fingerprint density at radius 3 is 2.63 bits per heavy atom. The summed E-state index contributed by atoms with van der Waals surface area (Å²) in [6, 6.07) is 18.0. The lowest BCUT2D eigenvalue weighted by molar-refractivity contribution is -0.384. The van der Waals surface area contributed by atoms with Gasteiger partial charge in [-0.25, -0.2) is 0 Å². The third-order valence-electron chi connectivity index (χ3n) is 4.65. The molecule has 0 saturated heterocycles. The SMILES string of the molecule is CCn1c2ccccc2c2cc(N=Cc3cc([N+](=O)[O-])ccc3O)ccc21. The Bertz CT molecular complexity index is 1210. The van der Waals surface area contributed by atoms with E-state index < -0.39 is 4.92 Å². The number of hydrogen-bond acceptors (Lipinski definition) is 4. The second kappa shape index (κ2) is 6.57. The van der Waals surface area contributed by atoms with Crippen LogP contribution >= 0.6 is 0 Å². The van der Waals surface area contributed by atoms with Crippen molar-refractivity contribution in [1.82, 2.24) is 4.57 Å². The van der Waals surface area contributed by atoms with Crippen molar-refractivity contribution in [3.8, 4) is 5.75 Å². The molecular weight excluding hydrogens is 342 g/mol. The van der Waals surface area contributed by atoms with Gasteiger partial charge in [-0.3, -0.25) is 15.1 Å². The van der Waals surface area contributed by atoms with E-state index in [4.69, 9.17) is 0 Å². The third kappa shape index (κ3) is 2.91. The van der Waals surface area contributed by atoms with E-state index in [0.717, 1.165) is 22.8 Å². The van der Waals surface area contributed by atoms with E-state index in [9.17, 15) is 15.2 Å². The fourth-order valence-corrected chi connectivity index (χ4v) is 3.37. The zero-order chi connectivity index (χ0) is 19.0. The molecule has 0 unspecified atom stereocenters. The molecule has 0 fully saturated rings. The normalized spacial score (nSPS) is 11.6. The highest BCUT2D eigenvalue weighted by Crippen LogP contribution is 2.32. The lowest BCUT2D eigenvalue weighted by Gasteiger charge is -2.03. The molecular formula is C21H17N3O3. The van der Waals surface area contributed by atoms with Gasteiger partial charge in [0, 0.05) is 52.3 Å². The highest BCUT2D eigenvalue weighted by Gasteiger charge is 2.10. The molecule has 3 aromatic carbocycles. The van der Waals surface area contributed by atoms with Crippen molar-refractivity contribution in [2.75, 3.05) is 0 Å². The number of nitro groups is 1. The molecule has 27 heavy (non-hydrogen) atoms. The summed E-state index contributed by atoms with van der Waals surface area (Å²) >= 11 is 0. The average Bonchev–Trinajstić information content (AvgIpc) is 3.00. The molecule has 0 spiro atoms. The average molecular weight is 359 g/mol. The van der Waals surface area contributed by atoms with Gasteiger partial charge in [0.2, 0.25) is 0 Å². The van der Waals surface area contributed by atoms with Gasteiger partial charge in [-0.05, 0) is 37.3 Å². The van der Waals surface area contributed by atoms with Crippen molar-refractivity contribution in [2.24, 2.45) is 4.99 Å². The van der Waals surface area contributed by atoms with Crippen LogP contribution in [0.2, 0.25) is 0 Å². The van der Waals surface area contributed by atoms with E-state index in [0.29, 0.717) is 11.3 Å². The van der Waals surface area contributed by atoms with Crippen molar-refractivity contribution in [2.45, 2.75) is 13.5 Å². The van der Waals surface area contributed by atoms with Crippen LogP contribution in [0.1, 0.15) is 12.5 Å². The minimum atomic E-state index is -0.498. The first kappa shape index (κ1) is 16.8. The Labute approximate surface area is 155 Å². The smallest absolute Gasteiger partial charge is 0.270 e. The highest BCUT2D eigenvalue weighted by atomic mass is 16.6. The largest absolute Gasteiger partial charge is 0.507 e. The Morgan fingerprint density at radius 2 is 1.85 bits per heavy atom. The molecule has 1 N–H and O–H groups in total. The number of aliphatic imine (C=N–C) groups is 1. The number of fused-ring (bicyclic) bond motifs is 3.